The molecule has 2 heterocycles. The van der Waals surface area contributed by atoms with Crippen LogP contribution in [0.4, 0.5) is 16.2 Å². The number of aliphatic imine (C=N–C) groups is 1. The molecule has 2 aliphatic heterocycles. The summed E-state index contributed by atoms with van der Waals surface area (Å²) >= 11 is 0. The molecule has 1 fully saturated rings. The average Bonchev–Trinajstić information content (AvgIpc) is 3.48. The maximum Gasteiger partial charge on any atom is 0.319 e. The Morgan fingerprint density at radius 1 is 1.17 bits per heavy atom. The van der Waals surface area contributed by atoms with Gasteiger partial charge in [-0.25, -0.2) is 4.79 Å². The molecule has 3 aliphatic rings. The Hall–Kier alpha value is -3.53. The smallest absolute Gasteiger partial charge is 0.319 e. The summed E-state index contributed by atoms with van der Waals surface area (Å²) in [5.41, 5.74) is 4.87. The summed E-state index contributed by atoms with van der Waals surface area (Å²) in [5, 5.41) is 15.8. The van der Waals surface area contributed by atoms with Crippen molar-refractivity contribution in [3.05, 3.63) is 59.2 Å². The van der Waals surface area contributed by atoms with E-state index in [-0.39, 0.29) is 18.1 Å². The maximum atomic E-state index is 13.1. The monoisotopic (exact) mass is 484 g/mol. The fourth-order valence-electron chi connectivity index (χ4n) is 6.00. The highest BCUT2D eigenvalue weighted by molar-refractivity contribution is 5.93. The van der Waals surface area contributed by atoms with Gasteiger partial charge < -0.3 is 20.4 Å². The van der Waals surface area contributed by atoms with E-state index in [1.54, 1.807) is 6.07 Å². The van der Waals surface area contributed by atoms with Crippen LogP contribution in [0.3, 0.4) is 0 Å². The van der Waals surface area contributed by atoms with Gasteiger partial charge in [0.15, 0.2) is 0 Å². The predicted octanol–water partition coefficient (Wildman–Crippen LogP) is 5.61. The van der Waals surface area contributed by atoms with Crippen LogP contribution < -0.4 is 15.5 Å². The number of amides is 2. The normalized spacial score (nSPS) is 20.7. The number of nitrogens with one attached hydrogen (secondary N) is 2. The van der Waals surface area contributed by atoms with Crippen LogP contribution in [-0.4, -0.2) is 42.9 Å². The van der Waals surface area contributed by atoms with E-state index < -0.39 is 0 Å². The third-order valence-corrected chi connectivity index (χ3v) is 7.64. The van der Waals surface area contributed by atoms with Crippen molar-refractivity contribution < 1.29 is 4.79 Å². The van der Waals surface area contributed by atoms with Gasteiger partial charge in [0, 0.05) is 19.1 Å². The largest absolute Gasteiger partial charge is 0.367 e. The predicted molar refractivity (Wildman–Crippen MR) is 144 cm³/mol. The van der Waals surface area contributed by atoms with Crippen LogP contribution in [0.25, 0.3) is 0 Å². The van der Waals surface area contributed by atoms with Gasteiger partial charge in [-0.2, -0.15) is 5.26 Å². The molecule has 2 unspecified atom stereocenters. The average molecular weight is 485 g/mol. The van der Waals surface area contributed by atoms with E-state index in [1.807, 2.05) is 18.5 Å². The number of nitrogens with zero attached hydrogens (tertiary/aromatic N) is 4. The van der Waals surface area contributed by atoms with E-state index in [0.29, 0.717) is 24.1 Å². The first kappa shape index (κ1) is 24.2. The molecule has 2 aromatic rings. The number of hydrogen-bond donors (Lipinski definition) is 2. The zero-order chi connectivity index (χ0) is 25.1. The SMILES string of the molecule is CC(C)CN(c1cc(C#N)ccc1NC(=O)NCC1c2ccccc2C2CN=CN21)C1CCCCC1. The standard InChI is InChI=1S/C29H36N6O/c1-20(2)18-34(22-8-4-3-5-9-22)26-14-21(15-30)12-13-25(26)33-29(36)32-17-28-24-11-7-6-10-23(24)27-16-31-19-35(27)28/h6-7,10-14,19-20,22,27-28H,3-5,8-9,16-18H2,1-2H3,(H2,32,33,36). The van der Waals surface area contributed by atoms with E-state index in [2.05, 4.69) is 69.6 Å². The van der Waals surface area contributed by atoms with Crippen molar-refractivity contribution in [2.75, 3.05) is 29.9 Å². The van der Waals surface area contributed by atoms with Gasteiger partial charge in [0.05, 0.1) is 48.0 Å². The lowest BCUT2D eigenvalue weighted by molar-refractivity contribution is 0.245. The summed E-state index contributed by atoms with van der Waals surface area (Å²) in [6.07, 6.45) is 7.95. The minimum Gasteiger partial charge on any atom is -0.367 e. The molecule has 0 radical (unpaired) electrons. The zero-order valence-corrected chi connectivity index (χ0v) is 21.3. The van der Waals surface area contributed by atoms with Gasteiger partial charge in [0.1, 0.15) is 0 Å². The second-order valence-corrected chi connectivity index (χ2v) is 10.6. The molecule has 0 aromatic heterocycles. The lowest BCUT2D eigenvalue weighted by atomic mass is 9.92. The van der Waals surface area contributed by atoms with E-state index in [0.717, 1.165) is 37.3 Å². The van der Waals surface area contributed by atoms with Crippen LogP contribution in [0.5, 0.6) is 0 Å². The molecular formula is C29H36N6O. The van der Waals surface area contributed by atoms with Gasteiger partial charge in [-0.15, -0.1) is 0 Å². The molecule has 2 N–H and O–H groups in total. The lowest BCUT2D eigenvalue weighted by Gasteiger charge is -2.38. The highest BCUT2D eigenvalue weighted by Crippen LogP contribution is 2.42. The topological polar surface area (TPSA) is 83.8 Å². The highest BCUT2D eigenvalue weighted by Gasteiger charge is 2.38. The van der Waals surface area contributed by atoms with Crippen molar-refractivity contribution in [1.29, 1.82) is 5.26 Å². The Labute approximate surface area is 214 Å². The van der Waals surface area contributed by atoms with E-state index >= 15 is 0 Å². The molecule has 7 nitrogen and oxygen atoms in total. The Morgan fingerprint density at radius 2 is 1.94 bits per heavy atom. The molecule has 1 aliphatic carbocycles. The van der Waals surface area contributed by atoms with Gasteiger partial charge in [0.25, 0.3) is 0 Å². The first-order valence-corrected chi connectivity index (χ1v) is 13.3. The molecule has 0 saturated heterocycles. The van der Waals surface area contributed by atoms with E-state index in [1.165, 1.54) is 30.4 Å². The van der Waals surface area contributed by atoms with Crippen molar-refractivity contribution in [3.8, 4) is 6.07 Å². The molecule has 36 heavy (non-hydrogen) atoms. The number of hydrogen-bond acceptors (Lipinski definition) is 5. The van der Waals surface area contributed by atoms with E-state index in [9.17, 15) is 10.1 Å². The van der Waals surface area contributed by atoms with Gasteiger partial charge in [-0.05, 0) is 48.1 Å². The second kappa shape index (κ2) is 10.6. The summed E-state index contributed by atoms with van der Waals surface area (Å²) in [5.74, 6) is 0.469. The summed E-state index contributed by atoms with van der Waals surface area (Å²) in [6, 6.07) is 16.9. The minimum absolute atomic E-state index is 0.0725. The number of carbonyl (C=O) groups excluding carboxylic acids is 1. The third kappa shape index (κ3) is 4.90. The summed E-state index contributed by atoms with van der Waals surface area (Å²) in [4.78, 5) is 22.3. The summed E-state index contributed by atoms with van der Waals surface area (Å²) < 4.78 is 0. The highest BCUT2D eigenvalue weighted by atomic mass is 16.2. The van der Waals surface area contributed by atoms with Crippen LogP contribution in [-0.2, 0) is 0 Å². The second-order valence-electron chi connectivity index (χ2n) is 10.6. The van der Waals surface area contributed by atoms with Gasteiger partial charge in [0.2, 0.25) is 0 Å². The van der Waals surface area contributed by atoms with Crippen molar-refractivity contribution in [2.24, 2.45) is 10.9 Å². The number of rotatable bonds is 7. The minimum atomic E-state index is -0.230. The first-order chi connectivity index (χ1) is 17.5. The molecular weight excluding hydrogens is 448 g/mol. The third-order valence-electron chi connectivity index (χ3n) is 7.64. The van der Waals surface area contributed by atoms with Crippen LogP contribution in [0.1, 0.15) is 74.7 Å². The van der Waals surface area contributed by atoms with E-state index in [4.69, 9.17) is 0 Å². The number of anilines is 2. The summed E-state index contributed by atoms with van der Waals surface area (Å²) in [7, 11) is 0. The van der Waals surface area contributed by atoms with Crippen molar-refractivity contribution in [2.45, 2.75) is 64.1 Å². The Bertz CT molecular complexity index is 1160. The quantitative estimate of drug-likeness (QED) is 0.535. The lowest BCUT2D eigenvalue weighted by Crippen LogP contribution is -2.40. The number of nitriles is 1. The molecule has 0 bridgehead atoms. The van der Waals surface area contributed by atoms with Crippen LogP contribution in [0.2, 0.25) is 0 Å². The van der Waals surface area contributed by atoms with Crippen LogP contribution in [0.15, 0.2) is 47.5 Å². The van der Waals surface area contributed by atoms with Crippen LogP contribution in [0, 0.1) is 17.2 Å². The molecule has 2 aromatic carbocycles. The van der Waals surface area contributed by atoms with Crippen molar-refractivity contribution in [3.63, 3.8) is 0 Å². The van der Waals surface area contributed by atoms with Crippen molar-refractivity contribution >= 4 is 23.7 Å². The van der Waals surface area contributed by atoms with Crippen molar-refractivity contribution in [1.82, 2.24) is 10.2 Å². The fraction of sp³-hybridized carbons (Fsp3) is 0.483. The number of urea groups is 1. The van der Waals surface area contributed by atoms with Gasteiger partial charge >= 0.3 is 6.03 Å². The maximum absolute atomic E-state index is 13.1. The number of carbonyl (C=O) groups is 1. The molecule has 2 atom stereocenters. The first-order valence-electron chi connectivity index (χ1n) is 13.3. The molecule has 1 saturated carbocycles. The Balaban J connectivity index is 1.33. The van der Waals surface area contributed by atoms with Gasteiger partial charge in [-0.3, -0.25) is 4.99 Å². The summed E-state index contributed by atoms with van der Waals surface area (Å²) in [6.45, 7) is 6.59. The molecule has 0 spiro atoms. The number of benzene rings is 2. The molecule has 2 amide bonds. The zero-order valence-electron chi connectivity index (χ0n) is 21.3. The molecule has 5 rings (SSSR count). The fourth-order valence-corrected chi connectivity index (χ4v) is 6.00. The van der Waals surface area contributed by atoms with Gasteiger partial charge in [-0.1, -0.05) is 57.4 Å². The molecule has 188 valence electrons. The Morgan fingerprint density at radius 3 is 2.69 bits per heavy atom. The number of fused-ring (bicyclic) bond motifs is 3. The molecule has 7 heteroatoms. The van der Waals surface area contributed by atoms with Crippen LogP contribution >= 0.6 is 0 Å². The Kier molecular flexibility index (Phi) is 7.13.